The Bertz CT molecular complexity index is 441. The molecule has 1 N–H and O–H groups in total. The topological polar surface area (TPSA) is 73.2 Å². The van der Waals surface area contributed by atoms with Gasteiger partial charge in [0.2, 0.25) is 5.91 Å². The van der Waals surface area contributed by atoms with Crippen LogP contribution in [0.3, 0.4) is 0 Å². The first kappa shape index (κ1) is 19.5. The van der Waals surface area contributed by atoms with Crippen LogP contribution in [0.1, 0.15) is 66.2 Å². The van der Waals surface area contributed by atoms with Gasteiger partial charge in [0.05, 0.1) is 18.7 Å². The van der Waals surface area contributed by atoms with Gasteiger partial charge >= 0.3 is 6.09 Å². The van der Waals surface area contributed by atoms with E-state index >= 15 is 0 Å². The van der Waals surface area contributed by atoms with Crippen molar-refractivity contribution in [1.82, 2.24) is 9.91 Å². The number of nitrogens with zero attached hydrogens (tertiary/aromatic N) is 3. The molecule has 0 fully saturated rings. The molecule has 0 unspecified atom stereocenters. The lowest BCUT2D eigenvalue weighted by Crippen LogP contribution is -2.40. The number of amides is 2. The van der Waals surface area contributed by atoms with Crippen LogP contribution in [0, 0.1) is 5.41 Å². The lowest BCUT2D eigenvalue weighted by Gasteiger charge is -2.27. The molecule has 0 spiro atoms. The maximum Gasteiger partial charge on any atom is 0.407 e. The van der Waals surface area contributed by atoms with E-state index in [1.165, 1.54) is 29.2 Å². The van der Waals surface area contributed by atoms with Crippen molar-refractivity contribution in [2.24, 2.45) is 10.5 Å². The fourth-order valence-electron chi connectivity index (χ4n) is 2.64. The number of unbranched alkanes of at least 4 members (excludes halogenated alkanes) is 4. The van der Waals surface area contributed by atoms with Gasteiger partial charge in [-0.2, -0.15) is 5.10 Å². The zero-order chi connectivity index (χ0) is 17.5. The molecular weight excluding hydrogens is 294 g/mol. The first-order valence-corrected chi connectivity index (χ1v) is 8.57. The highest BCUT2D eigenvalue weighted by atomic mass is 16.4. The van der Waals surface area contributed by atoms with Crippen molar-refractivity contribution in [3.63, 3.8) is 0 Å². The monoisotopic (exact) mass is 325 g/mol. The van der Waals surface area contributed by atoms with E-state index in [1.54, 1.807) is 0 Å². The molecule has 6 heteroatoms. The average molecular weight is 325 g/mol. The Balaban J connectivity index is 2.51. The van der Waals surface area contributed by atoms with Crippen molar-refractivity contribution in [2.45, 2.75) is 66.2 Å². The molecule has 0 aromatic heterocycles. The Morgan fingerprint density at radius 2 is 1.91 bits per heavy atom. The standard InChI is InChI=1S/C17H31N3O3/c1-5-6-7-8-9-10-20-15(21)11-14(18-20)12-19(16(22)23)13-17(2,3)4/h5-13H2,1-4H3,(H,22,23). The minimum atomic E-state index is -0.965. The Labute approximate surface area is 139 Å². The number of hydrogen-bond acceptors (Lipinski definition) is 3. The minimum absolute atomic E-state index is 0.0170. The summed E-state index contributed by atoms with van der Waals surface area (Å²) in [6, 6.07) is 0. The molecule has 0 radical (unpaired) electrons. The Morgan fingerprint density at radius 3 is 2.48 bits per heavy atom. The van der Waals surface area contributed by atoms with Gasteiger partial charge in [0.25, 0.3) is 0 Å². The molecule has 0 saturated carbocycles. The van der Waals surface area contributed by atoms with E-state index in [9.17, 15) is 14.7 Å². The molecule has 1 aliphatic rings. The van der Waals surface area contributed by atoms with Crippen molar-refractivity contribution >= 4 is 17.7 Å². The van der Waals surface area contributed by atoms with E-state index in [0.29, 0.717) is 18.8 Å². The van der Waals surface area contributed by atoms with Gasteiger partial charge in [-0.1, -0.05) is 53.4 Å². The summed E-state index contributed by atoms with van der Waals surface area (Å²) in [6.45, 7) is 9.43. The Hall–Kier alpha value is -1.59. The lowest BCUT2D eigenvalue weighted by molar-refractivity contribution is -0.128. The van der Waals surface area contributed by atoms with Crippen molar-refractivity contribution in [2.75, 3.05) is 19.6 Å². The number of hydrazone groups is 1. The molecular formula is C17H31N3O3. The second kappa shape index (κ2) is 8.89. The summed E-state index contributed by atoms with van der Waals surface area (Å²) < 4.78 is 0. The summed E-state index contributed by atoms with van der Waals surface area (Å²) in [5.41, 5.74) is 0.524. The first-order valence-electron chi connectivity index (χ1n) is 8.57. The molecule has 1 heterocycles. The summed E-state index contributed by atoms with van der Waals surface area (Å²) in [5, 5.41) is 15.2. The molecule has 6 nitrogen and oxygen atoms in total. The number of hydrogen-bond donors (Lipinski definition) is 1. The average Bonchev–Trinajstić information content (AvgIpc) is 2.76. The summed E-state index contributed by atoms with van der Waals surface area (Å²) in [6.07, 6.45) is 4.94. The normalized spacial score (nSPS) is 15.0. The SMILES string of the molecule is CCCCCCCN1N=C(CN(CC(C)(C)C)C(=O)O)CC1=O. The fraction of sp³-hybridized carbons (Fsp3) is 0.824. The fourth-order valence-corrected chi connectivity index (χ4v) is 2.64. The molecule has 132 valence electrons. The van der Waals surface area contributed by atoms with E-state index in [4.69, 9.17) is 0 Å². The van der Waals surface area contributed by atoms with Crippen molar-refractivity contribution in [3.8, 4) is 0 Å². The lowest BCUT2D eigenvalue weighted by atomic mass is 9.96. The summed E-state index contributed by atoms with van der Waals surface area (Å²) in [7, 11) is 0. The second-order valence-electron chi connectivity index (χ2n) is 7.47. The van der Waals surface area contributed by atoms with Crippen LogP contribution in [-0.4, -0.2) is 52.4 Å². The quantitative estimate of drug-likeness (QED) is 0.659. The van der Waals surface area contributed by atoms with Crippen LogP contribution in [0.2, 0.25) is 0 Å². The molecule has 0 bridgehead atoms. The summed E-state index contributed by atoms with van der Waals surface area (Å²) in [4.78, 5) is 24.7. The van der Waals surface area contributed by atoms with Gasteiger partial charge in [0, 0.05) is 13.1 Å². The molecule has 1 rings (SSSR count). The number of carbonyl (C=O) groups excluding carboxylic acids is 1. The molecule has 0 aromatic rings. The molecule has 0 aromatic carbocycles. The van der Waals surface area contributed by atoms with Gasteiger partial charge < -0.3 is 10.0 Å². The molecule has 0 atom stereocenters. The third-order valence-electron chi connectivity index (χ3n) is 3.69. The number of carbonyl (C=O) groups is 2. The third kappa shape index (κ3) is 7.48. The van der Waals surface area contributed by atoms with Crippen LogP contribution < -0.4 is 0 Å². The maximum absolute atomic E-state index is 12.0. The van der Waals surface area contributed by atoms with Crippen LogP contribution in [-0.2, 0) is 4.79 Å². The van der Waals surface area contributed by atoms with Gasteiger partial charge in [-0.15, -0.1) is 0 Å². The van der Waals surface area contributed by atoms with Gasteiger partial charge in [-0.05, 0) is 11.8 Å². The molecule has 0 aliphatic carbocycles. The van der Waals surface area contributed by atoms with Crippen LogP contribution in [0.4, 0.5) is 4.79 Å². The predicted molar refractivity (Wildman–Crippen MR) is 91.6 cm³/mol. The predicted octanol–water partition coefficient (Wildman–Crippen LogP) is 3.57. The highest BCUT2D eigenvalue weighted by molar-refractivity contribution is 6.06. The highest BCUT2D eigenvalue weighted by Gasteiger charge is 2.28. The van der Waals surface area contributed by atoms with E-state index in [0.717, 1.165) is 12.8 Å². The van der Waals surface area contributed by atoms with Crippen LogP contribution in [0.5, 0.6) is 0 Å². The molecule has 0 saturated heterocycles. The Kier molecular flexibility index (Phi) is 7.52. The van der Waals surface area contributed by atoms with Crippen molar-refractivity contribution < 1.29 is 14.7 Å². The van der Waals surface area contributed by atoms with E-state index in [-0.39, 0.29) is 24.3 Å². The van der Waals surface area contributed by atoms with Gasteiger partial charge in [0.1, 0.15) is 0 Å². The maximum atomic E-state index is 12.0. The van der Waals surface area contributed by atoms with E-state index in [2.05, 4.69) is 12.0 Å². The van der Waals surface area contributed by atoms with Crippen LogP contribution in [0.15, 0.2) is 5.10 Å². The molecule has 23 heavy (non-hydrogen) atoms. The van der Waals surface area contributed by atoms with E-state index < -0.39 is 6.09 Å². The molecule has 1 aliphatic heterocycles. The van der Waals surface area contributed by atoms with Gasteiger partial charge in [-0.25, -0.2) is 9.80 Å². The van der Waals surface area contributed by atoms with Gasteiger partial charge in [-0.3, -0.25) is 4.79 Å². The smallest absolute Gasteiger partial charge is 0.407 e. The zero-order valence-corrected chi connectivity index (χ0v) is 15.0. The number of carboxylic acid groups (broad SMARTS) is 1. The summed E-state index contributed by atoms with van der Waals surface area (Å²) in [5.74, 6) is -0.0170. The second-order valence-corrected chi connectivity index (χ2v) is 7.47. The zero-order valence-electron chi connectivity index (χ0n) is 15.0. The third-order valence-corrected chi connectivity index (χ3v) is 3.69. The van der Waals surface area contributed by atoms with Gasteiger partial charge in [0.15, 0.2) is 0 Å². The molecule has 2 amide bonds. The number of rotatable bonds is 9. The largest absolute Gasteiger partial charge is 0.465 e. The summed E-state index contributed by atoms with van der Waals surface area (Å²) >= 11 is 0. The highest BCUT2D eigenvalue weighted by Crippen LogP contribution is 2.17. The minimum Gasteiger partial charge on any atom is -0.465 e. The van der Waals surface area contributed by atoms with Crippen molar-refractivity contribution in [1.29, 1.82) is 0 Å². The van der Waals surface area contributed by atoms with Crippen LogP contribution >= 0.6 is 0 Å². The first-order chi connectivity index (χ1) is 10.7. The van der Waals surface area contributed by atoms with E-state index in [1.807, 2.05) is 20.8 Å². The van der Waals surface area contributed by atoms with Crippen LogP contribution in [0.25, 0.3) is 0 Å². The van der Waals surface area contributed by atoms with Crippen molar-refractivity contribution in [3.05, 3.63) is 0 Å². The Morgan fingerprint density at radius 1 is 1.26 bits per heavy atom.